The molecule has 21 heavy (non-hydrogen) atoms. The van der Waals surface area contributed by atoms with Gasteiger partial charge in [0.05, 0.1) is 17.3 Å². The Morgan fingerprint density at radius 2 is 1.86 bits per heavy atom. The van der Waals surface area contributed by atoms with Crippen molar-refractivity contribution in [3.05, 3.63) is 63.6 Å². The molecule has 0 aliphatic carbocycles. The Labute approximate surface area is 135 Å². The number of rotatable bonds is 4. The predicted molar refractivity (Wildman–Crippen MR) is 86.6 cm³/mol. The molecule has 2 aromatic carbocycles. The molecule has 0 fully saturated rings. The van der Waals surface area contributed by atoms with Crippen LogP contribution in [0.2, 0.25) is 5.02 Å². The number of anilines is 1. The first kappa shape index (κ1) is 15.5. The lowest BCUT2D eigenvalue weighted by molar-refractivity contribution is -0.115. The number of halogens is 2. The van der Waals surface area contributed by atoms with Crippen molar-refractivity contribution in [1.29, 1.82) is 0 Å². The van der Waals surface area contributed by atoms with Gasteiger partial charge in [0.25, 0.3) is 5.91 Å². The lowest BCUT2D eigenvalue weighted by atomic mass is 10.2. The minimum Gasteiger partial charge on any atom is -0.343 e. The van der Waals surface area contributed by atoms with Gasteiger partial charge < -0.3 is 10.6 Å². The fraction of sp³-hybridized carbons (Fsp3) is 0.0667. The highest BCUT2D eigenvalue weighted by Gasteiger charge is 2.09. The van der Waals surface area contributed by atoms with Gasteiger partial charge in [0.1, 0.15) is 0 Å². The van der Waals surface area contributed by atoms with Crippen molar-refractivity contribution in [2.45, 2.75) is 0 Å². The normalized spacial score (nSPS) is 10.0. The monoisotopic (exact) mass is 366 g/mol. The number of benzene rings is 2. The van der Waals surface area contributed by atoms with Crippen molar-refractivity contribution in [2.24, 2.45) is 0 Å². The molecular formula is C15H12BrClN2O2. The van der Waals surface area contributed by atoms with Crippen LogP contribution in [0.5, 0.6) is 0 Å². The van der Waals surface area contributed by atoms with Crippen LogP contribution in [0.1, 0.15) is 10.4 Å². The lowest BCUT2D eigenvalue weighted by Gasteiger charge is -2.08. The fourth-order valence-corrected chi connectivity index (χ4v) is 2.23. The second-order valence-corrected chi connectivity index (χ2v) is 5.54. The molecule has 6 heteroatoms. The fourth-order valence-electron chi connectivity index (χ4n) is 1.65. The molecule has 2 aromatic rings. The quantitative estimate of drug-likeness (QED) is 0.869. The van der Waals surface area contributed by atoms with Crippen LogP contribution in [0.25, 0.3) is 0 Å². The molecule has 2 rings (SSSR count). The van der Waals surface area contributed by atoms with E-state index in [2.05, 4.69) is 26.6 Å². The third-order valence-electron chi connectivity index (χ3n) is 2.64. The lowest BCUT2D eigenvalue weighted by Crippen LogP contribution is -2.32. The van der Waals surface area contributed by atoms with Crippen LogP contribution in [-0.4, -0.2) is 18.4 Å². The zero-order valence-electron chi connectivity index (χ0n) is 10.9. The van der Waals surface area contributed by atoms with Crippen molar-refractivity contribution in [2.75, 3.05) is 11.9 Å². The van der Waals surface area contributed by atoms with E-state index >= 15 is 0 Å². The van der Waals surface area contributed by atoms with E-state index in [4.69, 9.17) is 11.6 Å². The maximum atomic E-state index is 11.9. The summed E-state index contributed by atoms with van der Waals surface area (Å²) in [6.45, 7) is -0.128. The van der Waals surface area contributed by atoms with Gasteiger partial charge in [-0.05, 0) is 30.3 Å². The highest BCUT2D eigenvalue weighted by Crippen LogP contribution is 2.20. The van der Waals surface area contributed by atoms with Crippen LogP contribution in [0, 0.1) is 0 Å². The predicted octanol–water partition coefficient (Wildman–Crippen LogP) is 3.47. The number of para-hydroxylation sites is 1. The van der Waals surface area contributed by atoms with E-state index in [-0.39, 0.29) is 18.4 Å². The van der Waals surface area contributed by atoms with Crippen LogP contribution in [0.4, 0.5) is 5.69 Å². The van der Waals surface area contributed by atoms with Gasteiger partial charge in [0.2, 0.25) is 5.91 Å². The van der Waals surface area contributed by atoms with Gasteiger partial charge in [-0.2, -0.15) is 0 Å². The van der Waals surface area contributed by atoms with Crippen molar-refractivity contribution in [3.8, 4) is 0 Å². The maximum absolute atomic E-state index is 11.9. The third kappa shape index (κ3) is 4.58. The standard InChI is InChI=1S/C15H12BrClN2O2/c16-11-5-3-4-10(8-11)15(21)18-9-14(20)19-13-7-2-1-6-12(13)17/h1-8H,9H2,(H,18,21)(H,19,20). The smallest absolute Gasteiger partial charge is 0.251 e. The largest absolute Gasteiger partial charge is 0.343 e. The summed E-state index contributed by atoms with van der Waals surface area (Å²) in [6, 6.07) is 13.8. The number of hydrogen-bond donors (Lipinski definition) is 2. The van der Waals surface area contributed by atoms with Gasteiger partial charge in [0.15, 0.2) is 0 Å². The Morgan fingerprint density at radius 1 is 1.10 bits per heavy atom. The minimum atomic E-state index is -0.341. The number of nitrogens with one attached hydrogen (secondary N) is 2. The number of carbonyl (C=O) groups is 2. The van der Waals surface area contributed by atoms with E-state index in [0.29, 0.717) is 16.3 Å². The Morgan fingerprint density at radius 3 is 2.57 bits per heavy atom. The van der Waals surface area contributed by atoms with Crippen molar-refractivity contribution in [3.63, 3.8) is 0 Å². The SMILES string of the molecule is O=C(CNC(=O)c1cccc(Br)c1)Nc1ccccc1Cl. The van der Waals surface area contributed by atoms with Gasteiger partial charge in [-0.3, -0.25) is 9.59 Å². The molecule has 2 amide bonds. The third-order valence-corrected chi connectivity index (χ3v) is 3.47. The van der Waals surface area contributed by atoms with Gasteiger partial charge >= 0.3 is 0 Å². The first-order valence-electron chi connectivity index (χ1n) is 6.14. The molecule has 0 saturated heterocycles. The molecule has 0 bridgehead atoms. The molecule has 0 aliphatic rings. The van der Waals surface area contributed by atoms with E-state index in [1.54, 1.807) is 42.5 Å². The van der Waals surface area contributed by atoms with E-state index < -0.39 is 0 Å². The molecule has 0 aromatic heterocycles. The molecule has 0 unspecified atom stereocenters. The topological polar surface area (TPSA) is 58.2 Å². The molecular weight excluding hydrogens is 356 g/mol. The van der Waals surface area contributed by atoms with Crippen LogP contribution in [-0.2, 0) is 4.79 Å². The van der Waals surface area contributed by atoms with Crippen LogP contribution in [0.15, 0.2) is 53.0 Å². The van der Waals surface area contributed by atoms with Gasteiger partial charge in [-0.15, -0.1) is 0 Å². The van der Waals surface area contributed by atoms with Crippen LogP contribution < -0.4 is 10.6 Å². The van der Waals surface area contributed by atoms with E-state index in [1.165, 1.54) is 0 Å². The molecule has 4 nitrogen and oxygen atoms in total. The zero-order valence-corrected chi connectivity index (χ0v) is 13.2. The first-order chi connectivity index (χ1) is 10.1. The van der Waals surface area contributed by atoms with Crippen LogP contribution >= 0.6 is 27.5 Å². The molecule has 0 saturated carbocycles. The van der Waals surface area contributed by atoms with E-state index in [9.17, 15) is 9.59 Å². The Bertz CT molecular complexity index is 676. The summed E-state index contributed by atoms with van der Waals surface area (Å²) >= 11 is 9.23. The zero-order chi connectivity index (χ0) is 15.2. The number of carbonyl (C=O) groups excluding carboxylic acids is 2. The molecule has 2 N–H and O–H groups in total. The second kappa shape index (κ2) is 7.24. The summed E-state index contributed by atoms with van der Waals surface area (Å²) in [5.41, 5.74) is 0.996. The summed E-state index contributed by atoms with van der Waals surface area (Å²) in [4.78, 5) is 23.7. The number of hydrogen-bond acceptors (Lipinski definition) is 2. The molecule has 0 atom stereocenters. The first-order valence-corrected chi connectivity index (χ1v) is 7.31. The Balaban J connectivity index is 1.90. The average Bonchev–Trinajstić information content (AvgIpc) is 2.47. The Kier molecular flexibility index (Phi) is 5.36. The highest BCUT2D eigenvalue weighted by molar-refractivity contribution is 9.10. The summed E-state index contributed by atoms with van der Waals surface area (Å²) in [5.74, 6) is -0.656. The second-order valence-electron chi connectivity index (χ2n) is 4.22. The minimum absolute atomic E-state index is 0.128. The maximum Gasteiger partial charge on any atom is 0.251 e. The molecule has 0 radical (unpaired) electrons. The summed E-state index contributed by atoms with van der Waals surface area (Å²) in [5, 5.41) is 5.63. The van der Waals surface area contributed by atoms with E-state index in [0.717, 1.165) is 4.47 Å². The summed E-state index contributed by atoms with van der Waals surface area (Å²) < 4.78 is 0.802. The molecule has 0 aliphatic heterocycles. The summed E-state index contributed by atoms with van der Waals surface area (Å²) in [7, 11) is 0. The molecule has 108 valence electrons. The average molecular weight is 368 g/mol. The molecule has 0 heterocycles. The number of amides is 2. The van der Waals surface area contributed by atoms with E-state index in [1.807, 2.05) is 6.07 Å². The van der Waals surface area contributed by atoms with Gasteiger partial charge in [-0.25, -0.2) is 0 Å². The van der Waals surface area contributed by atoms with Crippen molar-refractivity contribution < 1.29 is 9.59 Å². The highest BCUT2D eigenvalue weighted by atomic mass is 79.9. The van der Waals surface area contributed by atoms with Crippen molar-refractivity contribution in [1.82, 2.24) is 5.32 Å². The van der Waals surface area contributed by atoms with Gasteiger partial charge in [0, 0.05) is 10.0 Å². The Hall–Kier alpha value is -1.85. The van der Waals surface area contributed by atoms with Gasteiger partial charge in [-0.1, -0.05) is 45.7 Å². The van der Waals surface area contributed by atoms with Crippen LogP contribution in [0.3, 0.4) is 0 Å². The molecule has 0 spiro atoms. The summed E-state index contributed by atoms with van der Waals surface area (Å²) in [6.07, 6.45) is 0. The van der Waals surface area contributed by atoms with Crippen molar-refractivity contribution >= 4 is 45.0 Å².